The molecule has 0 spiro atoms. The van der Waals surface area contributed by atoms with Crippen molar-refractivity contribution in [2.24, 2.45) is 0 Å². The highest BCUT2D eigenvalue weighted by Gasteiger charge is 2.16. The first-order chi connectivity index (χ1) is 14.4. The van der Waals surface area contributed by atoms with Gasteiger partial charge in [-0.25, -0.2) is 0 Å². The van der Waals surface area contributed by atoms with Crippen molar-refractivity contribution in [3.05, 3.63) is 94.0 Å². The highest BCUT2D eigenvalue weighted by Crippen LogP contribution is 2.22. The Labute approximate surface area is 184 Å². The van der Waals surface area contributed by atoms with Gasteiger partial charge < -0.3 is 15.4 Å². The number of amides is 2. The van der Waals surface area contributed by atoms with Crippen LogP contribution in [-0.2, 0) is 4.79 Å². The van der Waals surface area contributed by atoms with Crippen LogP contribution in [-0.4, -0.2) is 18.4 Å². The number of anilines is 1. The Morgan fingerprint density at radius 3 is 2.43 bits per heavy atom. The van der Waals surface area contributed by atoms with E-state index in [0.717, 1.165) is 15.6 Å². The SMILES string of the molecule is Cc1cc(Br)ccc1OCC(=O)Nc1ccccc1C(=O)NC(C)c1ccccc1. The molecule has 0 saturated heterocycles. The van der Waals surface area contributed by atoms with Crippen LogP contribution >= 0.6 is 15.9 Å². The first kappa shape index (κ1) is 21.6. The Bertz CT molecular complexity index is 1040. The van der Waals surface area contributed by atoms with E-state index in [1.807, 2.05) is 56.3 Å². The molecular weight excluding hydrogens is 444 g/mol. The Kier molecular flexibility index (Phi) is 7.25. The van der Waals surface area contributed by atoms with E-state index in [4.69, 9.17) is 4.74 Å². The number of hydrogen-bond acceptors (Lipinski definition) is 3. The van der Waals surface area contributed by atoms with Crippen LogP contribution in [0.25, 0.3) is 0 Å². The normalized spacial score (nSPS) is 11.4. The number of halogens is 1. The summed E-state index contributed by atoms with van der Waals surface area (Å²) in [6, 6.07) is 22.0. The Balaban J connectivity index is 1.64. The molecule has 0 aliphatic heterocycles. The van der Waals surface area contributed by atoms with Gasteiger partial charge in [0, 0.05) is 4.47 Å². The lowest BCUT2D eigenvalue weighted by atomic mass is 10.1. The minimum atomic E-state index is -0.339. The van der Waals surface area contributed by atoms with Gasteiger partial charge in [0.1, 0.15) is 5.75 Å². The van der Waals surface area contributed by atoms with Gasteiger partial charge in [0.25, 0.3) is 11.8 Å². The molecule has 5 nitrogen and oxygen atoms in total. The van der Waals surface area contributed by atoms with E-state index in [0.29, 0.717) is 17.0 Å². The zero-order chi connectivity index (χ0) is 21.5. The van der Waals surface area contributed by atoms with Gasteiger partial charge in [-0.1, -0.05) is 58.4 Å². The fourth-order valence-corrected chi connectivity index (χ4v) is 3.47. The third kappa shape index (κ3) is 5.70. The van der Waals surface area contributed by atoms with Crippen molar-refractivity contribution in [1.29, 1.82) is 0 Å². The van der Waals surface area contributed by atoms with E-state index in [-0.39, 0.29) is 24.5 Å². The summed E-state index contributed by atoms with van der Waals surface area (Å²) < 4.78 is 6.56. The lowest BCUT2D eigenvalue weighted by Gasteiger charge is -2.16. The zero-order valence-corrected chi connectivity index (χ0v) is 18.4. The largest absolute Gasteiger partial charge is 0.483 e. The maximum Gasteiger partial charge on any atom is 0.262 e. The highest BCUT2D eigenvalue weighted by atomic mass is 79.9. The molecule has 2 N–H and O–H groups in total. The van der Waals surface area contributed by atoms with Crippen molar-refractivity contribution < 1.29 is 14.3 Å². The minimum absolute atomic E-state index is 0.154. The minimum Gasteiger partial charge on any atom is -0.483 e. The lowest BCUT2D eigenvalue weighted by Crippen LogP contribution is -2.28. The van der Waals surface area contributed by atoms with Crippen LogP contribution in [0.3, 0.4) is 0 Å². The fraction of sp³-hybridized carbons (Fsp3) is 0.167. The predicted molar refractivity (Wildman–Crippen MR) is 122 cm³/mol. The second kappa shape index (κ2) is 10.1. The maximum atomic E-state index is 12.8. The molecule has 0 radical (unpaired) electrons. The lowest BCUT2D eigenvalue weighted by molar-refractivity contribution is -0.118. The first-order valence-corrected chi connectivity index (χ1v) is 10.4. The average Bonchev–Trinajstić information content (AvgIpc) is 2.74. The van der Waals surface area contributed by atoms with Gasteiger partial charge in [0.05, 0.1) is 17.3 Å². The Hall–Kier alpha value is -3.12. The number of ether oxygens (including phenoxy) is 1. The van der Waals surface area contributed by atoms with Crippen molar-refractivity contribution in [3.8, 4) is 5.75 Å². The number of carbonyl (C=O) groups is 2. The maximum absolute atomic E-state index is 12.8. The molecule has 154 valence electrons. The standard InChI is InChI=1S/C24H23BrN2O3/c1-16-14-19(25)12-13-22(16)30-15-23(28)27-21-11-7-6-10-20(21)24(29)26-17(2)18-8-4-3-5-9-18/h3-14,17H,15H2,1-2H3,(H,26,29)(H,27,28). The van der Waals surface area contributed by atoms with E-state index >= 15 is 0 Å². The summed E-state index contributed by atoms with van der Waals surface area (Å²) in [5.41, 5.74) is 2.77. The molecule has 3 aromatic carbocycles. The molecule has 2 amide bonds. The summed E-state index contributed by atoms with van der Waals surface area (Å²) in [6.07, 6.45) is 0. The number of para-hydroxylation sites is 1. The van der Waals surface area contributed by atoms with Crippen LogP contribution in [0.1, 0.15) is 34.5 Å². The van der Waals surface area contributed by atoms with Crippen LogP contribution in [0.5, 0.6) is 5.75 Å². The second-order valence-electron chi connectivity index (χ2n) is 6.90. The van der Waals surface area contributed by atoms with Crippen molar-refractivity contribution in [3.63, 3.8) is 0 Å². The highest BCUT2D eigenvalue weighted by molar-refractivity contribution is 9.10. The number of aryl methyl sites for hydroxylation is 1. The molecule has 3 rings (SSSR count). The molecule has 0 aromatic heterocycles. The monoisotopic (exact) mass is 466 g/mol. The zero-order valence-electron chi connectivity index (χ0n) is 16.8. The van der Waals surface area contributed by atoms with Gasteiger partial charge in [-0.2, -0.15) is 0 Å². The Morgan fingerprint density at radius 2 is 1.70 bits per heavy atom. The molecular formula is C24H23BrN2O3. The Morgan fingerprint density at radius 1 is 1.00 bits per heavy atom. The number of hydrogen-bond donors (Lipinski definition) is 2. The molecule has 0 saturated carbocycles. The molecule has 1 unspecified atom stereocenters. The molecule has 3 aromatic rings. The van der Waals surface area contributed by atoms with E-state index in [1.54, 1.807) is 30.3 Å². The van der Waals surface area contributed by atoms with Crippen LogP contribution < -0.4 is 15.4 Å². The summed E-state index contributed by atoms with van der Waals surface area (Å²) >= 11 is 3.40. The van der Waals surface area contributed by atoms with Crippen LogP contribution in [0.15, 0.2) is 77.3 Å². The molecule has 0 fully saturated rings. The van der Waals surface area contributed by atoms with Gasteiger partial charge in [-0.05, 0) is 55.3 Å². The quantitative estimate of drug-likeness (QED) is 0.498. The summed E-state index contributed by atoms with van der Waals surface area (Å²) in [4.78, 5) is 25.2. The molecule has 0 aliphatic carbocycles. The molecule has 1 atom stereocenters. The van der Waals surface area contributed by atoms with Crippen LogP contribution in [0, 0.1) is 6.92 Å². The van der Waals surface area contributed by atoms with Crippen molar-refractivity contribution in [2.45, 2.75) is 19.9 Å². The molecule has 0 bridgehead atoms. The van der Waals surface area contributed by atoms with Gasteiger partial charge in [-0.15, -0.1) is 0 Å². The van der Waals surface area contributed by atoms with E-state index in [9.17, 15) is 9.59 Å². The van der Waals surface area contributed by atoms with Gasteiger partial charge in [0.2, 0.25) is 0 Å². The van der Waals surface area contributed by atoms with Crippen molar-refractivity contribution >= 4 is 33.4 Å². The third-order valence-electron chi connectivity index (χ3n) is 4.59. The average molecular weight is 467 g/mol. The summed E-state index contributed by atoms with van der Waals surface area (Å²) in [5.74, 6) is 0.0386. The van der Waals surface area contributed by atoms with E-state index < -0.39 is 0 Å². The van der Waals surface area contributed by atoms with E-state index in [2.05, 4.69) is 26.6 Å². The van der Waals surface area contributed by atoms with Crippen molar-refractivity contribution in [1.82, 2.24) is 5.32 Å². The smallest absolute Gasteiger partial charge is 0.262 e. The molecule has 6 heteroatoms. The second-order valence-corrected chi connectivity index (χ2v) is 7.81. The fourth-order valence-electron chi connectivity index (χ4n) is 2.99. The molecule has 30 heavy (non-hydrogen) atoms. The van der Waals surface area contributed by atoms with Gasteiger partial charge >= 0.3 is 0 Å². The number of rotatable bonds is 7. The summed E-state index contributed by atoms with van der Waals surface area (Å²) in [7, 11) is 0. The number of benzene rings is 3. The summed E-state index contributed by atoms with van der Waals surface area (Å²) in [6.45, 7) is 3.67. The summed E-state index contributed by atoms with van der Waals surface area (Å²) in [5, 5.41) is 5.74. The number of nitrogens with one attached hydrogen (secondary N) is 2. The van der Waals surface area contributed by atoms with Gasteiger partial charge in [-0.3, -0.25) is 9.59 Å². The van der Waals surface area contributed by atoms with Gasteiger partial charge in [0.15, 0.2) is 6.61 Å². The predicted octanol–water partition coefficient (Wildman–Crippen LogP) is 5.27. The first-order valence-electron chi connectivity index (χ1n) is 9.57. The molecule has 0 aliphatic rings. The molecule has 0 heterocycles. The third-order valence-corrected chi connectivity index (χ3v) is 5.08. The number of carbonyl (C=O) groups excluding carboxylic acids is 2. The van der Waals surface area contributed by atoms with E-state index in [1.165, 1.54) is 0 Å². The van der Waals surface area contributed by atoms with Crippen molar-refractivity contribution in [2.75, 3.05) is 11.9 Å². The van der Waals surface area contributed by atoms with Crippen LogP contribution in [0.2, 0.25) is 0 Å². The topological polar surface area (TPSA) is 67.4 Å². The van der Waals surface area contributed by atoms with Crippen LogP contribution in [0.4, 0.5) is 5.69 Å².